The number of hydrogen-bond acceptors (Lipinski definition) is 4. The smallest absolute Gasteiger partial charge is 0.306 e. The van der Waals surface area contributed by atoms with Crippen molar-refractivity contribution in [3.63, 3.8) is 0 Å². The van der Waals surface area contributed by atoms with Crippen molar-refractivity contribution in [2.24, 2.45) is 0 Å². The van der Waals surface area contributed by atoms with Crippen LogP contribution in [0.15, 0.2) is 0 Å². The largest absolute Gasteiger partial charge is 0.462 e. The van der Waals surface area contributed by atoms with Gasteiger partial charge in [0, 0.05) is 25.3 Å². The van der Waals surface area contributed by atoms with Crippen molar-refractivity contribution in [1.82, 2.24) is 5.32 Å². The molecule has 0 saturated carbocycles. The summed E-state index contributed by atoms with van der Waals surface area (Å²) in [6, 6.07) is 0.471. The molecule has 4 heteroatoms. The number of esters is 1. The van der Waals surface area contributed by atoms with Gasteiger partial charge in [-0.05, 0) is 26.8 Å². The third kappa shape index (κ3) is 6.36. The van der Waals surface area contributed by atoms with Crippen molar-refractivity contribution in [1.29, 1.82) is 0 Å². The number of rotatable bonds is 6. The molecule has 1 aliphatic heterocycles. The van der Waals surface area contributed by atoms with Crippen LogP contribution in [0.2, 0.25) is 0 Å². The van der Waals surface area contributed by atoms with Gasteiger partial charge in [-0.1, -0.05) is 13.8 Å². The highest BCUT2D eigenvalue weighted by atomic mass is 16.6. The molecule has 1 heterocycles. The Bertz CT molecular complexity index is 245. The predicted octanol–water partition coefficient (Wildman–Crippen LogP) is 2.26. The normalized spacial score (nSPS) is 28.4. The molecule has 1 fully saturated rings. The first-order chi connectivity index (χ1) is 8.47. The Kier molecular flexibility index (Phi) is 6.65. The van der Waals surface area contributed by atoms with Crippen LogP contribution in [0.3, 0.4) is 0 Å². The summed E-state index contributed by atoms with van der Waals surface area (Å²) in [5.41, 5.74) is 0. The van der Waals surface area contributed by atoms with E-state index in [2.05, 4.69) is 19.2 Å². The Hall–Kier alpha value is -0.610. The zero-order valence-corrected chi connectivity index (χ0v) is 12.1. The molecule has 1 N–H and O–H groups in total. The maximum absolute atomic E-state index is 11.7. The number of carbonyl (C=O) groups excluding carboxylic acids is 1. The highest BCUT2D eigenvalue weighted by molar-refractivity contribution is 5.69. The van der Waals surface area contributed by atoms with Crippen molar-refractivity contribution in [2.45, 2.75) is 77.7 Å². The zero-order valence-electron chi connectivity index (χ0n) is 12.1. The van der Waals surface area contributed by atoms with Crippen LogP contribution in [-0.4, -0.2) is 36.9 Å². The maximum atomic E-state index is 11.7. The molecule has 18 heavy (non-hydrogen) atoms. The first kappa shape index (κ1) is 15.4. The molecule has 1 saturated heterocycles. The van der Waals surface area contributed by atoms with Gasteiger partial charge in [0.2, 0.25) is 0 Å². The van der Waals surface area contributed by atoms with Gasteiger partial charge in [0.1, 0.15) is 6.10 Å². The van der Waals surface area contributed by atoms with Crippen LogP contribution in [0, 0.1) is 0 Å². The number of hydrogen-bond donors (Lipinski definition) is 1. The first-order valence-corrected chi connectivity index (χ1v) is 7.05. The minimum absolute atomic E-state index is 0.0364. The lowest BCUT2D eigenvalue weighted by molar-refractivity contribution is -0.159. The monoisotopic (exact) mass is 257 g/mol. The molecule has 1 aliphatic rings. The Labute approximate surface area is 110 Å². The SMILES string of the molecule is CC(C)NCCCC(=O)OC1CC(C)OC(C)C1. The van der Waals surface area contributed by atoms with E-state index >= 15 is 0 Å². The summed E-state index contributed by atoms with van der Waals surface area (Å²) >= 11 is 0. The van der Waals surface area contributed by atoms with Gasteiger partial charge in [-0.25, -0.2) is 0 Å². The van der Waals surface area contributed by atoms with Crippen molar-refractivity contribution in [3.8, 4) is 0 Å². The quantitative estimate of drug-likeness (QED) is 0.586. The summed E-state index contributed by atoms with van der Waals surface area (Å²) in [6.45, 7) is 9.13. The minimum Gasteiger partial charge on any atom is -0.462 e. The van der Waals surface area contributed by atoms with Gasteiger partial charge >= 0.3 is 5.97 Å². The number of carbonyl (C=O) groups is 1. The van der Waals surface area contributed by atoms with Gasteiger partial charge < -0.3 is 14.8 Å². The van der Waals surface area contributed by atoms with E-state index in [9.17, 15) is 4.79 Å². The predicted molar refractivity (Wildman–Crippen MR) is 71.5 cm³/mol. The van der Waals surface area contributed by atoms with E-state index in [1.165, 1.54) is 0 Å². The lowest BCUT2D eigenvalue weighted by Crippen LogP contribution is -2.35. The van der Waals surface area contributed by atoms with E-state index in [-0.39, 0.29) is 24.3 Å². The van der Waals surface area contributed by atoms with Crippen molar-refractivity contribution in [2.75, 3.05) is 6.54 Å². The molecule has 0 radical (unpaired) electrons. The zero-order chi connectivity index (χ0) is 13.5. The number of nitrogens with one attached hydrogen (secondary N) is 1. The van der Waals surface area contributed by atoms with Gasteiger partial charge in [0.05, 0.1) is 12.2 Å². The van der Waals surface area contributed by atoms with E-state index in [0.717, 1.165) is 25.8 Å². The van der Waals surface area contributed by atoms with Gasteiger partial charge in [-0.3, -0.25) is 4.79 Å². The summed E-state index contributed by atoms with van der Waals surface area (Å²) in [7, 11) is 0. The lowest BCUT2D eigenvalue weighted by Gasteiger charge is -2.31. The van der Waals surface area contributed by atoms with Crippen LogP contribution < -0.4 is 5.32 Å². The van der Waals surface area contributed by atoms with Crippen molar-refractivity contribution in [3.05, 3.63) is 0 Å². The highest BCUT2D eigenvalue weighted by Crippen LogP contribution is 2.22. The van der Waals surface area contributed by atoms with Gasteiger partial charge in [-0.2, -0.15) is 0 Å². The molecule has 2 atom stereocenters. The summed E-state index contributed by atoms with van der Waals surface area (Å²) < 4.78 is 11.1. The summed E-state index contributed by atoms with van der Waals surface area (Å²) in [5, 5.41) is 3.29. The van der Waals surface area contributed by atoms with Crippen molar-refractivity contribution < 1.29 is 14.3 Å². The molecule has 106 valence electrons. The topological polar surface area (TPSA) is 47.6 Å². The minimum atomic E-state index is -0.0770. The average molecular weight is 257 g/mol. The summed E-state index contributed by atoms with van der Waals surface area (Å²) in [4.78, 5) is 11.7. The molecular weight excluding hydrogens is 230 g/mol. The Balaban J connectivity index is 2.15. The van der Waals surface area contributed by atoms with E-state index in [1.807, 2.05) is 13.8 Å². The molecule has 0 amide bonds. The highest BCUT2D eigenvalue weighted by Gasteiger charge is 2.26. The van der Waals surface area contributed by atoms with Gasteiger partial charge in [0.25, 0.3) is 0 Å². The first-order valence-electron chi connectivity index (χ1n) is 7.05. The second-order valence-electron chi connectivity index (χ2n) is 5.55. The van der Waals surface area contributed by atoms with Gasteiger partial charge in [0.15, 0.2) is 0 Å². The fourth-order valence-electron chi connectivity index (χ4n) is 2.31. The molecule has 0 aliphatic carbocycles. The second kappa shape index (κ2) is 7.74. The molecule has 0 aromatic rings. The summed E-state index contributed by atoms with van der Waals surface area (Å²) in [5.74, 6) is -0.0770. The van der Waals surface area contributed by atoms with E-state index in [1.54, 1.807) is 0 Å². The lowest BCUT2D eigenvalue weighted by atomic mass is 10.0. The second-order valence-corrected chi connectivity index (χ2v) is 5.55. The third-order valence-electron chi connectivity index (χ3n) is 3.06. The van der Waals surface area contributed by atoms with Gasteiger partial charge in [-0.15, -0.1) is 0 Å². The number of ether oxygens (including phenoxy) is 2. The van der Waals surface area contributed by atoms with Crippen LogP contribution in [0.5, 0.6) is 0 Å². The average Bonchev–Trinajstić information content (AvgIpc) is 2.22. The van der Waals surface area contributed by atoms with Crippen LogP contribution in [0.25, 0.3) is 0 Å². The van der Waals surface area contributed by atoms with E-state index in [4.69, 9.17) is 9.47 Å². The van der Waals surface area contributed by atoms with Crippen LogP contribution in [0.1, 0.15) is 53.4 Å². The van der Waals surface area contributed by atoms with Crippen LogP contribution >= 0.6 is 0 Å². The molecular formula is C14H27NO3. The molecule has 0 aromatic heterocycles. The Morgan fingerprint density at radius 1 is 1.33 bits per heavy atom. The van der Waals surface area contributed by atoms with Crippen LogP contribution in [0.4, 0.5) is 0 Å². The molecule has 2 unspecified atom stereocenters. The standard InChI is InChI=1S/C14H27NO3/c1-10(2)15-7-5-6-14(16)18-13-8-11(3)17-12(4)9-13/h10-13,15H,5-9H2,1-4H3. The molecule has 0 bridgehead atoms. The van der Waals surface area contributed by atoms with E-state index in [0.29, 0.717) is 12.5 Å². The fourth-order valence-corrected chi connectivity index (χ4v) is 2.31. The molecule has 0 aromatic carbocycles. The van der Waals surface area contributed by atoms with Crippen LogP contribution in [-0.2, 0) is 14.3 Å². The molecule has 0 spiro atoms. The van der Waals surface area contributed by atoms with Crippen molar-refractivity contribution >= 4 is 5.97 Å². The fraction of sp³-hybridized carbons (Fsp3) is 0.929. The molecule has 4 nitrogen and oxygen atoms in total. The summed E-state index contributed by atoms with van der Waals surface area (Å²) in [6.07, 6.45) is 3.39. The Morgan fingerprint density at radius 3 is 2.50 bits per heavy atom. The Morgan fingerprint density at radius 2 is 1.94 bits per heavy atom. The maximum Gasteiger partial charge on any atom is 0.306 e. The van der Waals surface area contributed by atoms with E-state index < -0.39 is 0 Å². The molecule has 1 rings (SSSR count). The third-order valence-corrected chi connectivity index (χ3v) is 3.06.